The predicted octanol–water partition coefficient (Wildman–Crippen LogP) is 4.31. The lowest BCUT2D eigenvalue weighted by molar-refractivity contribution is 0.00578. The molecule has 27 heavy (non-hydrogen) atoms. The Morgan fingerprint density at radius 1 is 1.11 bits per heavy atom. The lowest BCUT2D eigenvalue weighted by atomic mass is 9.79. The van der Waals surface area contributed by atoms with Crippen molar-refractivity contribution < 1.29 is 22.8 Å². The molecular formula is C19H22BF2NO3S. The highest BCUT2D eigenvalue weighted by atomic mass is 32.2. The van der Waals surface area contributed by atoms with Crippen LogP contribution in [-0.4, -0.2) is 29.6 Å². The summed E-state index contributed by atoms with van der Waals surface area (Å²) in [5.41, 5.74) is 0.472. The summed E-state index contributed by atoms with van der Waals surface area (Å²) in [7, 11) is -0.706. The molecule has 1 aliphatic rings. The first-order chi connectivity index (χ1) is 12.6. The zero-order chi connectivity index (χ0) is 19.8. The monoisotopic (exact) mass is 393 g/mol. The summed E-state index contributed by atoms with van der Waals surface area (Å²) in [4.78, 5) is 4.34. The van der Waals surface area contributed by atoms with E-state index in [1.165, 1.54) is 6.07 Å². The maximum Gasteiger partial charge on any atom is 0.500 e. The van der Waals surface area contributed by atoms with E-state index >= 15 is 0 Å². The second-order valence-corrected chi connectivity index (χ2v) is 8.30. The minimum atomic E-state index is -0.801. The van der Waals surface area contributed by atoms with Gasteiger partial charge in [0.2, 0.25) is 5.88 Å². The fourth-order valence-electron chi connectivity index (χ4n) is 2.65. The van der Waals surface area contributed by atoms with E-state index in [0.29, 0.717) is 5.46 Å². The Hall–Kier alpha value is -1.64. The second kappa shape index (κ2) is 7.41. The average Bonchev–Trinajstić information content (AvgIpc) is 2.79. The van der Waals surface area contributed by atoms with Gasteiger partial charge in [-0.25, -0.2) is 13.8 Å². The summed E-state index contributed by atoms with van der Waals surface area (Å²) >= 11 is 1.66. The largest absolute Gasteiger partial charge is 0.500 e. The van der Waals surface area contributed by atoms with Crippen LogP contribution in [0.5, 0.6) is 11.6 Å². The maximum atomic E-state index is 14.0. The summed E-state index contributed by atoms with van der Waals surface area (Å²) in [5.74, 6) is -0.660. The number of hydrogen-bond acceptors (Lipinski definition) is 5. The van der Waals surface area contributed by atoms with Crippen molar-refractivity contribution in [2.24, 2.45) is 0 Å². The Kier molecular flexibility index (Phi) is 5.52. The van der Waals surface area contributed by atoms with Gasteiger partial charge in [0.1, 0.15) is 5.82 Å². The molecule has 1 aromatic carbocycles. The number of hydrogen-bond donors (Lipinski definition) is 0. The highest BCUT2D eigenvalue weighted by Gasteiger charge is 2.52. The first kappa shape index (κ1) is 20.1. The van der Waals surface area contributed by atoms with Crippen molar-refractivity contribution in [3.8, 4) is 11.6 Å². The number of thioether (sulfide) groups is 1. The van der Waals surface area contributed by atoms with Crippen LogP contribution in [0.4, 0.5) is 8.78 Å². The van der Waals surface area contributed by atoms with Crippen molar-refractivity contribution in [3.63, 3.8) is 0 Å². The van der Waals surface area contributed by atoms with Crippen molar-refractivity contribution >= 4 is 24.3 Å². The standard InChI is InChI=1S/C19H22BF2NO3S/c1-18(2)19(3,4)26-20(25-18)14-8-12(11-27-5)10-23-17(14)24-16-7-6-13(21)9-15(16)22/h6-10H,11H2,1-5H3. The van der Waals surface area contributed by atoms with Crippen molar-refractivity contribution in [1.82, 2.24) is 4.98 Å². The normalized spacial score (nSPS) is 18.0. The number of halogens is 2. The lowest BCUT2D eigenvalue weighted by Crippen LogP contribution is -2.41. The molecule has 0 aliphatic carbocycles. The van der Waals surface area contributed by atoms with Crippen LogP contribution in [0.25, 0.3) is 0 Å². The van der Waals surface area contributed by atoms with Crippen LogP contribution < -0.4 is 10.2 Å². The molecule has 0 radical (unpaired) electrons. The van der Waals surface area contributed by atoms with E-state index in [1.807, 2.05) is 40.0 Å². The number of rotatable bonds is 5. The molecule has 0 bridgehead atoms. The molecule has 2 heterocycles. The molecule has 0 atom stereocenters. The summed E-state index contributed by atoms with van der Waals surface area (Å²) in [6, 6.07) is 5.03. The van der Waals surface area contributed by atoms with E-state index in [9.17, 15) is 8.78 Å². The molecule has 1 fully saturated rings. The highest BCUT2D eigenvalue weighted by Crippen LogP contribution is 2.37. The van der Waals surface area contributed by atoms with Gasteiger partial charge in [-0.05, 0) is 51.6 Å². The first-order valence-electron chi connectivity index (χ1n) is 8.59. The van der Waals surface area contributed by atoms with Crippen molar-refractivity contribution in [3.05, 3.63) is 47.7 Å². The van der Waals surface area contributed by atoms with E-state index < -0.39 is 30.0 Å². The molecule has 0 amide bonds. The first-order valence-corrected chi connectivity index (χ1v) is 9.98. The van der Waals surface area contributed by atoms with Crippen LogP contribution in [0.3, 0.4) is 0 Å². The second-order valence-electron chi connectivity index (χ2n) is 7.44. The van der Waals surface area contributed by atoms with Crippen LogP contribution in [0.15, 0.2) is 30.5 Å². The number of aromatic nitrogens is 1. The molecule has 3 rings (SSSR count). The molecule has 4 nitrogen and oxygen atoms in total. The van der Waals surface area contributed by atoms with Crippen molar-refractivity contribution in [2.75, 3.05) is 6.26 Å². The third-order valence-corrected chi connectivity index (χ3v) is 5.48. The van der Waals surface area contributed by atoms with Gasteiger partial charge in [0, 0.05) is 23.5 Å². The zero-order valence-electron chi connectivity index (χ0n) is 16.0. The van der Waals surface area contributed by atoms with Gasteiger partial charge in [0.15, 0.2) is 11.6 Å². The van der Waals surface area contributed by atoms with Crippen LogP contribution in [-0.2, 0) is 15.1 Å². The molecule has 0 N–H and O–H groups in total. The topological polar surface area (TPSA) is 40.6 Å². The van der Waals surface area contributed by atoms with Gasteiger partial charge >= 0.3 is 7.12 Å². The number of ether oxygens (including phenoxy) is 1. The summed E-state index contributed by atoms with van der Waals surface area (Å²) in [5, 5.41) is 0. The van der Waals surface area contributed by atoms with E-state index in [0.717, 1.165) is 23.4 Å². The molecule has 2 aromatic rings. The molecule has 1 saturated heterocycles. The van der Waals surface area contributed by atoms with E-state index in [2.05, 4.69) is 4.98 Å². The Morgan fingerprint density at radius 3 is 2.37 bits per heavy atom. The van der Waals surface area contributed by atoms with Gasteiger partial charge in [-0.2, -0.15) is 11.8 Å². The fraction of sp³-hybridized carbons (Fsp3) is 0.421. The Bertz CT molecular complexity index is 832. The molecular weight excluding hydrogens is 371 g/mol. The van der Waals surface area contributed by atoms with Crippen LogP contribution in [0.2, 0.25) is 0 Å². The zero-order valence-corrected chi connectivity index (χ0v) is 16.8. The van der Waals surface area contributed by atoms with Gasteiger partial charge in [-0.3, -0.25) is 0 Å². The minimum Gasteiger partial charge on any atom is -0.436 e. The lowest BCUT2D eigenvalue weighted by Gasteiger charge is -2.32. The summed E-state index contributed by atoms with van der Waals surface area (Å²) in [6.07, 6.45) is 3.66. The number of benzene rings is 1. The van der Waals surface area contributed by atoms with Gasteiger partial charge < -0.3 is 14.0 Å². The third-order valence-electron chi connectivity index (χ3n) is 4.85. The molecule has 0 unspecified atom stereocenters. The minimum absolute atomic E-state index is 0.112. The molecule has 144 valence electrons. The SMILES string of the molecule is CSCc1cnc(Oc2ccc(F)cc2F)c(B2OC(C)(C)C(C)(C)O2)c1. The van der Waals surface area contributed by atoms with Gasteiger partial charge in [-0.15, -0.1) is 0 Å². The fourth-order valence-corrected chi connectivity index (χ4v) is 3.14. The van der Waals surface area contributed by atoms with Crippen molar-refractivity contribution in [1.29, 1.82) is 0 Å². The number of nitrogens with zero attached hydrogens (tertiary/aromatic N) is 1. The highest BCUT2D eigenvalue weighted by molar-refractivity contribution is 7.97. The average molecular weight is 393 g/mol. The van der Waals surface area contributed by atoms with Crippen LogP contribution in [0.1, 0.15) is 33.3 Å². The van der Waals surface area contributed by atoms with Gasteiger partial charge in [0.05, 0.1) is 11.2 Å². The van der Waals surface area contributed by atoms with Crippen LogP contribution >= 0.6 is 11.8 Å². The molecule has 0 saturated carbocycles. The Morgan fingerprint density at radius 2 is 1.78 bits per heavy atom. The molecule has 1 aliphatic heterocycles. The van der Waals surface area contributed by atoms with Gasteiger partial charge in [-0.1, -0.05) is 6.07 Å². The van der Waals surface area contributed by atoms with E-state index in [4.69, 9.17) is 14.0 Å². The molecule has 1 aromatic heterocycles. The molecule has 8 heteroatoms. The maximum absolute atomic E-state index is 14.0. The van der Waals surface area contributed by atoms with Crippen LogP contribution in [0, 0.1) is 11.6 Å². The van der Waals surface area contributed by atoms with Gasteiger partial charge in [0.25, 0.3) is 0 Å². The molecule has 0 spiro atoms. The van der Waals surface area contributed by atoms with E-state index in [-0.39, 0.29) is 11.6 Å². The summed E-state index contributed by atoms with van der Waals surface area (Å²) < 4.78 is 45.1. The summed E-state index contributed by atoms with van der Waals surface area (Å²) in [6.45, 7) is 7.80. The smallest absolute Gasteiger partial charge is 0.436 e. The predicted molar refractivity (Wildman–Crippen MR) is 104 cm³/mol. The Balaban J connectivity index is 1.99. The third kappa shape index (κ3) is 4.12. The Labute approximate surface area is 162 Å². The number of pyridine rings is 1. The quantitative estimate of drug-likeness (QED) is 0.708. The van der Waals surface area contributed by atoms with E-state index in [1.54, 1.807) is 18.0 Å². The van der Waals surface area contributed by atoms with Crippen molar-refractivity contribution in [2.45, 2.75) is 44.6 Å².